The summed E-state index contributed by atoms with van der Waals surface area (Å²) >= 11 is 0. The smallest absolute Gasteiger partial charge is 0.309 e. The van der Waals surface area contributed by atoms with Crippen LogP contribution in [0.15, 0.2) is 212 Å². The Labute approximate surface area is 360 Å². The van der Waals surface area contributed by atoms with Crippen LogP contribution < -0.4 is 0 Å². The number of pyridine rings is 1. The predicted molar refractivity (Wildman–Crippen MR) is 255 cm³/mol. The van der Waals surface area contributed by atoms with Crippen molar-refractivity contribution in [2.24, 2.45) is 0 Å². The third-order valence-electron chi connectivity index (χ3n) is 12.6. The van der Waals surface area contributed by atoms with Crippen molar-refractivity contribution in [1.82, 2.24) is 9.55 Å². The lowest BCUT2D eigenvalue weighted by Crippen LogP contribution is -2.03. The Hall–Kier alpha value is -8.02. The summed E-state index contributed by atoms with van der Waals surface area (Å²) in [5.74, 6) is 0. The molecule has 0 aliphatic heterocycles. The average Bonchev–Trinajstić information content (AvgIpc) is 3.66. The molecular weight excluding hydrogens is 782 g/mol. The lowest BCUT2D eigenvalue weighted by atomic mass is 9.91. The van der Waals surface area contributed by atoms with Gasteiger partial charge < -0.3 is 4.57 Å². The number of hydrogen-bond acceptors (Lipinski definition) is 1. The molecule has 63 heavy (non-hydrogen) atoms. The summed E-state index contributed by atoms with van der Waals surface area (Å²) < 4.78 is 42.9. The van der Waals surface area contributed by atoms with Crippen LogP contribution in [0.3, 0.4) is 0 Å². The van der Waals surface area contributed by atoms with Crippen molar-refractivity contribution in [1.29, 1.82) is 0 Å². The van der Waals surface area contributed by atoms with Gasteiger partial charge >= 0.3 is 6.18 Å². The van der Waals surface area contributed by atoms with Crippen molar-refractivity contribution < 1.29 is 13.2 Å². The Morgan fingerprint density at radius 3 is 1.49 bits per heavy atom. The molecule has 10 aromatic carbocycles. The highest BCUT2D eigenvalue weighted by molar-refractivity contribution is 6.29. The summed E-state index contributed by atoms with van der Waals surface area (Å²) in [6.07, 6.45) is -4.40. The molecule has 0 spiro atoms. The molecule has 0 saturated heterocycles. The fourth-order valence-electron chi connectivity index (χ4n) is 9.48. The zero-order valence-electron chi connectivity index (χ0n) is 33.7. The van der Waals surface area contributed by atoms with Gasteiger partial charge in [-0.05, 0) is 126 Å². The van der Waals surface area contributed by atoms with E-state index in [1.165, 1.54) is 10.8 Å². The minimum atomic E-state index is -4.40. The summed E-state index contributed by atoms with van der Waals surface area (Å²) in [5, 5.41) is 11.2. The quantitative estimate of drug-likeness (QED) is 0.158. The van der Waals surface area contributed by atoms with E-state index in [1.54, 1.807) is 12.1 Å². The number of halogens is 3. The maximum Gasteiger partial charge on any atom is 0.416 e. The maximum atomic E-state index is 13.5. The molecule has 0 atom stereocenters. The maximum absolute atomic E-state index is 13.5. The van der Waals surface area contributed by atoms with Gasteiger partial charge in [0.05, 0.1) is 33.7 Å². The molecule has 0 N–H and O–H groups in total. The highest BCUT2D eigenvalue weighted by atomic mass is 19.4. The van der Waals surface area contributed by atoms with Crippen LogP contribution in [0.5, 0.6) is 0 Å². The SMILES string of the molecule is FC(F)(F)c1ccc(-c2ccc3c(c2)c2ccccc2c2cc4c5cc(-c6ccc7ccccc7c6)ccc5n(-c5cc(-c6ccccc6)nc(-c6ccccc6)c5)c4cc32)cc1. The second kappa shape index (κ2) is 14.3. The molecule has 0 aliphatic rings. The molecule has 0 saturated carbocycles. The zero-order valence-corrected chi connectivity index (χ0v) is 33.7. The molecule has 12 rings (SSSR count). The van der Waals surface area contributed by atoms with Gasteiger partial charge in [-0.25, -0.2) is 4.98 Å². The van der Waals surface area contributed by atoms with E-state index < -0.39 is 11.7 Å². The number of nitrogens with zero attached hydrogens (tertiary/aromatic N) is 2. The van der Waals surface area contributed by atoms with Crippen molar-refractivity contribution >= 4 is 64.9 Å². The van der Waals surface area contributed by atoms with Crippen molar-refractivity contribution in [3.05, 3.63) is 218 Å². The van der Waals surface area contributed by atoms with Gasteiger partial charge in [-0.2, -0.15) is 13.2 Å². The molecule has 2 aromatic heterocycles. The summed E-state index contributed by atoms with van der Waals surface area (Å²) in [6.45, 7) is 0. The molecule has 0 amide bonds. The highest BCUT2D eigenvalue weighted by Gasteiger charge is 2.30. The van der Waals surface area contributed by atoms with E-state index in [-0.39, 0.29) is 0 Å². The van der Waals surface area contributed by atoms with E-state index >= 15 is 0 Å². The fourth-order valence-corrected chi connectivity index (χ4v) is 9.48. The summed E-state index contributed by atoms with van der Waals surface area (Å²) in [7, 11) is 0. The number of fused-ring (bicyclic) bond motifs is 10. The molecular formula is C58H35F3N2. The van der Waals surface area contributed by atoms with Crippen molar-refractivity contribution in [3.8, 4) is 50.5 Å². The van der Waals surface area contributed by atoms with Crippen molar-refractivity contribution in [3.63, 3.8) is 0 Å². The molecule has 2 nitrogen and oxygen atoms in total. The number of benzene rings is 10. The lowest BCUT2D eigenvalue weighted by Gasteiger charge is -2.15. The first-order valence-corrected chi connectivity index (χ1v) is 21.0. The zero-order chi connectivity index (χ0) is 42.2. The molecule has 0 bridgehead atoms. The van der Waals surface area contributed by atoms with Crippen molar-refractivity contribution in [2.45, 2.75) is 6.18 Å². The second-order valence-corrected chi connectivity index (χ2v) is 16.3. The van der Waals surface area contributed by atoms with E-state index in [1.807, 2.05) is 42.5 Å². The first-order valence-electron chi connectivity index (χ1n) is 21.0. The van der Waals surface area contributed by atoms with Crippen LogP contribution in [0.25, 0.3) is 115 Å². The van der Waals surface area contributed by atoms with Gasteiger partial charge in [-0.15, -0.1) is 0 Å². The van der Waals surface area contributed by atoms with Gasteiger partial charge in [0.15, 0.2) is 0 Å². The van der Waals surface area contributed by atoms with Crippen LogP contribution in [-0.2, 0) is 6.18 Å². The number of alkyl halides is 3. The lowest BCUT2D eigenvalue weighted by molar-refractivity contribution is -0.137. The fraction of sp³-hybridized carbons (Fsp3) is 0.0172. The largest absolute Gasteiger partial charge is 0.416 e. The van der Waals surface area contributed by atoms with Gasteiger partial charge in [0, 0.05) is 21.9 Å². The minimum absolute atomic E-state index is 0.659. The normalized spacial score (nSPS) is 12.0. The van der Waals surface area contributed by atoms with Crippen LogP contribution in [0.1, 0.15) is 5.56 Å². The van der Waals surface area contributed by atoms with E-state index in [4.69, 9.17) is 4.98 Å². The summed E-state index contributed by atoms with van der Waals surface area (Å²) in [4.78, 5) is 5.23. The molecule has 0 radical (unpaired) electrons. The van der Waals surface area contributed by atoms with E-state index in [9.17, 15) is 13.2 Å². The predicted octanol–water partition coefficient (Wildman–Crippen LogP) is 16.5. The van der Waals surface area contributed by atoms with Gasteiger partial charge in [0.1, 0.15) is 0 Å². The topological polar surface area (TPSA) is 17.8 Å². The highest BCUT2D eigenvalue weighted by Crippen LogP contribution is 2.44. The number of aromatic nitrogens is 2. The van der Waals surface area contributed by atoms with Crippen LogP contribution >= 0.6 is 0 Å². The van der Waals surface area contributed by atoms with Gasteiger partial charge in [0.2, 0.25) is 0 Å². The molecule has 0 unspecified atom stereocenters. The molecule has 5 heteroatoms. The van der Waals surface area contributed by atoms with Crippen LogP contribution in [-0.4, -0.2) is 9.55 Å². The molecule has 298 valence electrons. The van der Waals surface area contributed by atoms with Crippen LogP contribution in [0, 0.1) is 0 Å². The second-order valence-electron chi connectivity index (χ2n) is 16.3. The first-order chi connectivity index (χ1) is 30.8. The Balaban J connectivity index is 1.16. The minimum Gasteiger partial charge on any atom is -0.309 e. The summed E-state index contributed by atoms with van der Waals surface area (Å²) in [6, 6.07) is 71.8. The van der Waals surface area contributed by atoms with Crippen LogP contribution in [0.2, 0.25) is 0 Å². The molecule has 2 heterocycles. The number of rotatable bonds is 5. The number of hydrogen-bond donors (Lipinski definition) is 0. The Morgan fingerprint density at radius 1 is 0.317 bits per heavy atom. The third kappa shape index (κ3) is 6.23. The molecule has 0 aliphatic carbocycles. The van der Waals surface area contributed by atoms with Crippen molar-refractivity contribution in [2.75, 3.05) is 0 Å². The third-order valence-corrected chi connectivity index (χ3v) is 12.6. The molecule has 12 aromatic rings. The van der Waals surface area contributed by atoms with Gasteiger partial charge in [-0.3, -0.25) is 0 Å². The monoisotopic (exact) mass is 816 g/mol. The van der Waals surface area contributed by atoms with E-state index in [0.29, 0.717) is 0 Å². The van der Waals surface area contributed by atoms with E-state index in [2.05, 4.69) is 150 Å². The average molecular weight is 817 g/mol. The Morgan fingerprint density at radius 2 is 0.810 bits per heavy atom. The van der Waals surface area contributed by atoms with Gasteiger partial charge in [-0.1, -0.05) is 152 Å². The molecule has 0 fully saturated rings. The Bertz CT molecular complexity index is 3700. The standard InChI is InChI=1S/C58H35F3N2/c59-58(60,61)44-25-21-37(22-26-44)42-23-27-48-49(30-42)46-17-9-10-18-47(46)50-34-53-52-31-43(41-20-19-36-11-7-8-16-40(36)29-41)24-28-56(52)63(57(53)35-51(48)50)45-32-54(38-12-3-1-4-13-38)62-55(33-45)39-14-5-2-6-15-39/h1-35H. The van der Waals surface area contributed by atoms with E-state index in [0.717, 1.165) is 117 Å². The first kappa shape index (κ1) is 36.8. The van der Waals surface area contributed by atoms with Crippen LogP contribution in [0.4, 0.5) is 13.2 Å². The summed E-state index contributed by atoms with van der Waals surface area (Å²) in [5.41, 5.74) is 10.2. The van der Waals surface area contributed by atoms with Gasteiger partial charge in [0.25, 0.3) is 0 Å². The Kier molecular flexibility index (Phi) is 8.35.